The van der Waals surface area contributed by atoms with Gasteiger partial charge < -0.3 is 20.5 Å². The number of ether oxygens (including phenoxy) is 2. The summed E-state index contributed by atoms with van der Waals surface area (Å²) in [5, 5.41) is 3.26. The number of carbonyl (C=O) groups is 1. The lowest BCUT2D eigenvalue weighted by molar-refractivity contribution is -0.116. The summed E-state index contributed by atoms with van der Waals surface area (Å²) in [6, 6.07) is 3.34. The first-order chi connectivity index (χ1) is 9.91. The molecule has 0 aromatic heterocycles. The van der Waals surface area contributed by atoms with Crippen molar-refractivity contribution in [1.82, 2.24) is 0 Å². The van der Waals surface area contributed by atoms with Gasteiger partial charge in [0.1, 0.15) is 0 Å². The number of rotatable bonds is 6. The fourth-order valence-corrected chi connectivity index (χ4v) is 2.39. The smallest absolute Gasteiger partial charge is 0.231 e. The van der Waals surface area contributed by atoms with E-state index >= 15 is 0 Å². The van der Waals surface area contributed by atoms with Crippen LogP contribution >= 0.6 is 11.6 Å². The lowest BCUT2D eigenvalue weighted by Crippen LogP contribution is -2.20. The van der Waals surface area contributed by atoms with E-state index < -0.39 is 0 Å². The summed E-state index contributed by atoms with van der Waals surface area (Å²) >= 11 is 6.12. The summed E-state index contributed by atoms with van der Waals surface area (Å²) in [6.07, 6.45) is 2.10. The first kappa shape index (κ1) is 15.9. The topological polar surface area (TPSA) is 73.6 Å². The Hall–Kier alpha value is -1.46. The van der Waals surface area contributed by atoms with Crippen molar-refractivity contribution in [2.24, 2.45) is 11.1 Å². The molecule has 0 atom stereocenters. The van der Waals surface area contributed by atoms with E-state index in [1.54, 1.807) is 12.1 Å². The van der Waals surface area contributed by atoms with Gasteiger partial charge in [0.15, 0.2) is 11.5 Å². The second-order valence-corrected chi connectivity index (χ2v) is 6.34. The molecule has 0 aliphatic carbocycles. The quantitative estimate of drug-likeness (QED) is 0.846. The van der Waals surface area contributed by atoms with Crippen molar-refractivity contribution in [2.45, 2.75) is 33.1 Å². The molecule has 0 fully saturated rings. The second kappa shape index (κ2) is 6.54. The van der Waals surface area contributed by atoms with Crippen LogP contribution in [0, 0.1) is 5.41 Å². The molecule has 1 aromatic carbocycles. The van der Waals surface area contributed by atoms with Gasteiger partial charge in [0.25, 0.3) is 0 Å². The van der Waals surface area contributed by atoms with Gasteiger partial charge in [-0.2, -0.15) is 0 Å². The predicted octanol–water partition coefficient (Wildman–Crippen LogP) is 3.16. The van der Waals surface area contributed by atoms with Crippen LogP contribution in [-0.4, -0.2) is 19.2 Å². The number of anilines is 1. The highest BCUT2D eigenvalue weighted by molar-refractivity contribution is 6.34. The molecule has 116 valence electrons. The normalized spacial score (nSPS) is 13.3. The molecule has 1 amide bonds. The van der Waals surface area contributed by atoms with E-state index in [9.17, 15) is 4.79 Å². The maximum atomic E-state index is 12.0. The van der Waals surface area contributed by atoms with Crippen molar-refractivity contribution in [3.8, 4) is 11.5 Å². The van der Waals surface area contributed by atoms with Gasteiger partial charge in [0.2, 0.25) is 12.7 Å². The Labute approximate surface area is 129 Å². The van der Waals surface area contributed by atoms with E-state index in [1.165, 1.54) is 0 Å². The Morgan fingerprint density at radius 1 is 1.33 bits per heavy atom. The number of halogens is 1. The van der Waals surface area contributed by atoms with Crippen LogP contribution in [-0.2, 0) is 4.79 Å². The molecule has 0 spiro atoms. The fraction of sp³-hybridized carbons (Fsp3) is 0.533. The molecule has 1 aromatic rings. The number of benzene rings is 1. The Morgan fingerprint density at radius 2 is 2.00 bits per heavy atom. The number of amides is 1. The molecule has 0 bridgehead atoms. The van der Waals surface area contributed by atoms with E-state index in [1.807, 2.05) is 0 Å². The summed E-state index contributed by atoms with van der Waals surface area (Å²) in [5.74, 6) is 1.13. The van der Waals surface area contributed by atoms with Crippen LogP contribution in [0.25, 0.3) is 0 Å². The molecule has 1 heterocycles. The van der Waals surface area contributed by atoms with Gasteiger partial charge >= 0.3 is 0 Å². The number of carbonyl (C=O) groups excluding carboxylic acids is 1. The molecule has 1 aliphatic heterocycles. The van der Waals surface area contributed by atoms with E-state index in [4.69, 9.17) is 26.8 Å². The number of hydrogen-bond acceptors (Lipinski definition) is 4. The standard InChI is InChI=1S/C15H21ClN2O3/c1-15(2,5-6-17)4-3-14(19)18-11-8-13-12(7-10(11)16)20-9-21-13/h7-8H,3-6,9,17H2,1-2H3,(H,18,19). The highest BCUT2D eigenvalue weighted by atomic mass is 35.5. The minimum absolute atomic E-state index is 0.0603. The number of hydrogen-bond donors (Lipinski definition) is 2. The zero-order valence-corrected chi connectivity index (χ0v) is 13.1. The van der Waals surface area contributed by atoms with Crippen LogP contribution in [0.1, 0.15) is 33.1 Å². The maximum absolute atomic E-state index is 12.0. The van der Waals surface area contributed by atoms with Crippen molar-refractivity contribution in [2.75, 3.05) is 18.7 Å². The predicted molar refractivity (Wildman–Crippen MR) is 82.9 cm³/mol. The van der Waals surface area contributed by atoms with Crippen LogP contribution < -0.4 is 20.5 Å². The summed E-state index contributed by atoms with van der Waals surface area (Å²) in [4.78, 5) is 12.0. The van der Waals surface area contributed by atoms with Crippen molar-refractivity contribution >= 4 is 23.2 Å². The molecule has 6 heteroatoms. The summed E-state index contributed by atoms with van der Waals surface area (Å²) in [7, 11) is 0. The first-order valence-corrected chi connectivity index (χ1v) is 7.38. The zero-order valence-electron chi connectivity index (χ0n) is 12.4. The van der Waals surface area contributed by atoms with E-state index in [0.717, 1.165) is 12.8 Å². The zero-order chi connectivity index (χ0) is 15.5. The van der Waals surface area contributed by atoms with Crippen LogP contribution in [0.3, 0.4) is 0 Å². The minimum atomic E-state index is -0.0686. The van der Waals surface area contributed by atoms with Crippen molar-refractivity contribution in [3.05, 3.63) is 17.2 Å². The van der Waals surface area contributed by atoms with Gasteiger partial charge in [0, 0.05) is 18.6 Å². The van der Waals surface area contributed by atoms with Crippen LogP contribution in [0.2, 0.25) is 5.02 Å². The molecular formula is C15H21ClN2O3. The summed E-state index contributed by atoms with van der Waals surface area (Å²) in [6.45, 7) is 5.03. The van der Waals surface area contributed by atoms with Gasteiger partial charge in [-0.25, -0.2) is 0 Å². The fourth-order valence-electron chi connectivity index (χ4n) is 2.19. The van der Waals surface area contributed by atoms with Gasteiger partial charge in [-0.15, -0.1) is 0 Å². The van der Waals surface area contributed by atoms with Crippen LogP contribution in [0.4, 0.5) is 5.69 Å². The summed E-state index contributed by atoms with van der Waals surface area (Å²) in [5.41, 5.74) is 6.18. The van der Waals surface area contributed by atoms with Gasteiger partial charge in [0.05, 0.1) is 10.7 Å². The largest absolute Gasteiger partial charge is 0.454 e. The molecule has 0 radical (unpaired) electrons. The maximum Gasteiger partial charge on any atom is 0.231 e. The van der Waals surface area contributed by atoms with E-state index in [0.29, 0.717) is 35.2 Å². The number of fused-ring (bicyclic) bond motifs is 1. The molecule has 1 aliphatic rings. The highest BCUT2D eigenvalue weighted by Crippen LogP contribution is 2.39. The molecule has 2 rings (SSSR count). The molecule has 3 N–H and O–H groups in total. The van der Waals surface area contributed by atoms with Crippen molar-refractivity contribution < 1.29 is 14.3 Å². The SMILES string of the molecule is CC(C)(CCN)CCC(=O)Nc1cc2c(cc1Cl)OCO2. The minimum Gasteiger partial charge on any atom is -0.454 e. The Bertz CT molecular complexity index is 532. The lowest BCUT2D eigenvalue weighted by atomic mass is 9.84. The van der Waals surface area contributed by atoms with Crippen molar-refractivity contribution in [1.29, 1.82) is 0 Å². The average Bonchev–Trinajstić information content (AvgIpc) is 2.84. The number of nitrogens with two attached hydrogens (primary N) is 1. The van der Waals surface area contributed by atoms with Crippen molar-refractivity contribution in [3.63, 3.8) is 0 Å². The summed E-state index contributed by atoms with van der Waals surface area (Å²) < 4.78 is 10.5. The molecule has 0 unspecified atom stereocenters. The Morgan fingerprint density at radius 3 is 2.67 bits per heavy atom. The third-order valence-corrected chi connectivity index (χ3v) is 3.90. The van der Waals surface area contributed by atoms with Gasteiger partial charge in [-0.05, 0) is 24.8 Å². The third kappa shape index (κ3) is 4.25. The monoisotopic (exact) mass is 312 g/mol. The first-order valence-electron chi connectivity index (χ1n) is 7.00. The molecule has 0 saturated carbocycles. The molecule has 21 heavy (non-hydrogen) atoms. The molecule has 0 saturated heterocycles. The lowest BCUT2D eigenvalue weighted by Gasteiger charge is -2.23. The molecular weight excluding hydrogens is 292 g/mol. The average molecular weight is 313 g/mol. The van der Waals surface area contributed by atoms with Gasteiger partial charge in [-0.1, -0.05) is 25.4 Å². The molecule has 5 nitrogen and oxygen atoms in total. The van der Waals surface area contributed by atoms with E-state index in [2.05, 4.69) is 19.2 Å². The Balaban J connectivity index is 1.94. The van der Waals surface area contributed by atoms with Crippen LogP contribution in [0.15, 0.2) is 12.1 Å². The highest BCUT2D eigenvalue weighted by Gasteiger charge is 2.20. The third-order valence-electron chi connectivity index (χ3n) is 3.59. The number of nitrogens with one attached hydrogen (secondary N) is 1. The van der Waals surface area contributed by atoms with Gasteiger partial charge in [-0.3, -0.25) is 4.79 Å². The second-order valence-electron chi connectivity index (χ2n) is 5.94. The van der Waals surface area contributed by atoms with E-state index in [-0.39, 0.29) is 18.1 Å². The Kier molecular flexibility index (Phi) is 4.96. The van der Waals surface area contributed by atoms with Crippen LogP contribution in [0.5, 0.6) is 11.5 Å².